The summed E-state index contributed by atoms with van der Waals surface area (Å²) >= 11 is 0. The normalized spacial score (nSPS) is 22.7. The number of hydrogen-bond donors (Lipinski definition) is 1. The van der Waals surface area contributed by atoms with E-state index in [4.69, 9.17) is 0 Å². The Labute approximate surface area is 138 Å². The molecule has 1 nitrogen and oxygen atoms in total. The van der Waals surface area contributed by atoms with Crippen molar-refractivity contribution in [3.05, 3.63) is 59.9 Å². The molecule has 2 aromatic rings. The van der Waals surface area contributed by atoms with E-state index in [-0.39, 0.29) is 11.9 Å². The van der Waals surface area contributed by atoms with E-state index in [1.165, 1.54) is 0 Å². The third kappa shape index (κ3) is 3.64. The maximum atomic E-state index is 14.6. The van der Waals surface area contributed by atoms with Crippen LogP contribution in [0.15, 0.2) is 48.5 Å². The van der Waals surface area contributed by atoms with Crippen molar-refractivity contribution in [2.45, 2.75) is 51.0 Å². The van der Waals surface area contributed by atoms with E-state index >= 15 is 0 Å². The van der Waals surface area contributed by atoms with Crippen LogP contribution in [0.5, 0.6) is 0 Å². The molecular weight excluding hydrogens is 287 g/mol. The monoisotopic (exact) mass is 312 g/mol. The number of aliphatic hydroxyl groups is 1. The summed E-state index contributed by atoms with van der Waals surface area (Å²) in [6.45, 7) is 2.18. The molecule has 0 aromatic heterocycles. The predicted molar refractivity (Wildman–Crippen MR) is 92.8 cm³/mol. The van der Waals surface area contributed by atoms with Gasteiger partial charge in [0.25, 0.3) is 0 Å². The van der Waals surface area contributed by atoms with Gasteiger partial charge in [-0.1, -0.05) is 49.4 Å². The second kappa shape index (κ2) is 7.27. The average Bonchev–Trinajstić information content (AvgIpc) is 2.58. The first-order chi connectivity index (χ1) is 11.2. The smallest absolute Gasteiger partial charge is 0.131 e. The highest BCUT2D eigenvalue weighted by molar-refractivity contribution is 5.64. The summed E-state index contributed by atoms with van der Waals surface area (Å²) in [7, 11) is 0. The van der Waals surface area contributed by atoms with Crippen LogP contribution in [0.4, 0.5) is 4.39 Å². The Kier molecular flexibility index (Phi) is 5.12. The van der Waals surface area contributed by atoms with Crippen LogP contribution < -0.4 is 0 Å². The largest absolute Gasteiger partial charge is 0.393 e. The lowest BCUT2D eigenvalue weighted by atomic mass is 9.75. The molecule has 0 saturated heterocycles. The summed E-state index contributed by atoms with van der Waals surface area (Å²) < 4.78 is 14.6. The van der Waals surface area contributed by atoms with Gasteiger partial charge in [-0.15, -0.1) is 0 Å². The Morgan fingerprint density at radius 2 is 1.74 bits per heavy atom. The number of benzene rings is 2. The highest BCUT2D eigenvalue weighted by atomic mass is 19.1. The standard InChI is InChI=1S/C21H25FO/c1-2-19(16-8-11-18(23)12-9-16)17-10-13-20(21(22)14-17)15-6-4-3-5-7-15/h3-7,10,13-14,16,18-19,23H,2,8-9,11-12H2,1H3. The number of halogens is 1. The van der Waals surface area contributed by atoms with Crippen LogP contribution in [0.25, 0.3) is 11.1 Å². The van der Waals surface area contributed by atoms with Crippen molar-refractivity contribution >= 4 is 0 Å². The van der Waals surface area contributed by atoms with Gasteiger partial charge in [0.05, 0.1) is 6.10 Å². The van der Waals surface area contributed by atoms with Gasteiger partial charge in [0.1, 0.15) is 5.82 Å². The lowest BCUT2D eigenvalue weighted by Crippen LogP contribution is -2.23. The van der Waals surface area contributed by atoms with E-state index in [1.807, 2.05) is 36.4 Å². The lowest BCUT2D eigenvalue weighted by molar-refractivity contribution is 0.101. The maximum Gasteiger partial charge on any atom is 0.131 e. The molecule has 2 heteroatoms. The zero-order valence-corrected chi connectivity index (χ0v) is 13.7. The van der Waals surface area contributed by atoms with Crippen LogP contribution in [0.2, 0.25) is 0 Å². The van der Waals surface area contributed by atoms with E-state index < -0.39 is 0 Å². The summed E-state index contributed by atoms with van der Waals surface area (Å²) in [5.74, 6) is 0.815. The van der Waals surface area contributed by atoms with Gasteiger partial charge >= 0.3 is 0 Å². The van der Waals surface area contributed by atoms with Crippen molar-refractivity contribution in [3.8, 4) is 11.1 Å². The molecule has 1 aliphatic rings. The van der Waals surface area contributed by atoms with Gasteiger partial charge in [0.15, 0.2) is 0 Å². The molecule has 23 heavy (non-hydrogen) atoms. The molecule has 0 radical (unpaired) electrons. The van der Waals surface area contributed by atoms with Gasteiger partial charge in [-0.05, 0) is 61.1 Å². The minimum absolute atomic E-state index is 0.136. The van der Waals surface area contributed by atoms with Gasteiger partial charge in [-0.2, -0.15) is 0 Å². The number of aliphatic hydroxyl groups excluding tert-OH is 1. The van der Waals surface area contributed by atoms with E-state index in [1.54, 1.807) is 6.07 Å². The van der Waals surface area contributed by atoms with E-state index in [2.05, 4.69) is 13.0 Å². The number of rotatable bonds is 4. The van der Waals surface area contributed by atoms with Crippen LogP contribution in [-0.4, -0.2) is 11.2 Å². The Morgan fingerprint density at radius 3 is 2.35 bits per heavy atom. The fourth-order valence-corrected chi connectivity index (χ4v) is 3.96. The van der Waals surface area contributed by atoms with E-state index in [0.717, 1.165) is 43.2 Å². The second-order valence-electron chi connectivity index (χ2n) is 6.69. The highest BCUT2D eigenvalue weighted by Crippen LogP contribution is 2.39. The molecule has 0 heterocycles. The molecule has 0 aliphatic heterocycles. The highest BCUT2D eigenvalue weighted by Gasteiger charge is 2.27. The fraction of sp³-hybridized carbons (Fsp3) is 0.429. The predicted octanol–water partition coefficient (Wildman–Crippen LogP) is 5.54. The molecule has 1 unspecified atom stereocenters. The summed E-state index contributed by atoms with van der Waals surface area (Å²) in [4.78, 5) is 0. The molecule has 1 N–H and O–H groups in total. The lowest BCUT2D eigenvalue weighted by Gasteiger charge is -2.32. The molecular formula is C21H25FO. The van der Waals surface area contributed by atoms with Crippen molar-refractivity contribution < 1.29 is 9.50 Å². The second-order valence-corrected chi connectivity index (χ2v) is 6.69. The molecule has 1 fully saturated rings. The topological polar surface area (TPSA) is 20.2 Å². The van der Waals surface area contributed by atoms with Crippen LogP contribution in [0.3, 0.4) is 0 Å². The van der Waals surface area contributed by atoms with Gasteiger partial charge in [0.2, 0.25) is 0 Å². The number of hydrogen-bond acceptors (Lipinski definition) is 1. The summed E-state index contributed by atoms with van der Waals surface area (Å²) in [5.41, 5.74) is 2.69. The van der Waals surface area contributed by atoms with Crippen LogP contribution >= 0.6 is 0 Å². The van der Waals surface area contributed by atoms with Gasteiger partial charge in [-0.3, -0.25) is 0 Å². The molecule has 1 aliphatic carbocycles. The fourth-order valence-electron chi connectivity index (χ4n) is 3.96. The Balaban J connectivity index is 1.83. The average molecular weight is 312 g/mol. The molecule has 122 valence electrons. The molecule has 0 amide bonds. The van der Waals surface area contributed by atoms with Gasteiger partial charge in [0, 0.05) is 5.56 Å². The van der Waals surface area contributed by atoms with Gasteiger partial charge in [-0.25, -0.2) is 4.39 Å². The van der Waals surface area contributed by atoms with E-state index in [0.29, 0.717) is 17.4 Å². The summed E-state index contributed by atoms with van der Waals surface area (Å²) in [6, 6.07) is 15.4. The zero-order valence-electron chi connectivity index (χ0n) is 13.7. The third-order valence-corrected chi connectivity index (χ3v) is 5.26. The maximum absolute atomic E-state index is 14.6. The van der Waals surface area contributed by atoms with Crippen molar-refractivity contribution in [3.63, 3.8) is 0 Å². The van der Waals surface area contributed by atoms with Gasteiger partial charge < -0.3 is 5.11 Å². The first kappa shape index (κ1) is 16.2. The minimum Gasteiger partial charge on any atom is -0.393 e. The van der Waals surface area contributed by atoms with Crippen molar-refractivity contribution in [1.82, 2.24) is 0 Å². The Hall–Kier alpha value is -1.67. The molecule has 3 rings (SSSR count). The van der Waals surface area contributed by atoms with Crippen LogP contribution in [0, 0.1) is 11.7 Å². The zero-order chi connectivity index (χ0) is 16.2. The molecule has 1 atom stereocenters. The summed E-state index contributed by atoms with van der Waals surface area (Å²) in [5, 5.41) is 9.70. The van der Waals surface area contributed by atoms with Crippen LogP contribution in [0.1, 0.15) is 50.5 Å². The quantitative estimate of drug-likeness (QED) is 0.786. The minimum atomic E-state index is -0.138. The third-order valence-electron chi connectivity index (χ3n) is 5.26. The van der Waals surface area contributed by atoms with E-state index in [9.17, 15) is 9.50 Å². The van der Waals surface area contributed by atoms with Crippen molar-refractivity contribution in [2.75, 3.05) is 0 Å². The molecule has 2 aromatic carbocycles. The Morgan fingerprint density at radius 1 is 1.04 bits per heavy atom. The van der Waals surface area contributed by atoms with Crippen LogP contribution in [-0.2, 0) is 0 Å². The van der Waals surface area contributed by atoms with Crippen molar-refractivity contribution in [1.29, 1.82) is 0 Å². The van der Waals surface area contributed by atoms with Crippen molar-refractivity contribution in [2.24, 2.45) is 5.92 Å². The SMILES string of the molecule is CCC(c1ccc(-c2ccccc2)c(F)c1)C1CCC(O)CC1. The first-order valence-corrected chi connectivity index (χ1v) is 8.72. The summed E-state index contributed by atoms with van der Waals surface area (Å²) in [6.07, 6.45) is 4.73. The molecule has 1 saturated carbocycles. The first-order valence-electron chi connectivity index (χ1n) is 8.72. The molecule has 0 spiro atoms. The Bertz CT molecular complexity index is 630. The molecule has 0 bridgehead atoms.